The first kappa shape index (κ1) is 27.8. The third kappa shape index (κ3) is 10.4. The van der Waals surface area contributed by atoms with Gasteiger partial charge in [0.05, 0.1) is 12.5 Å². The van der Waals surface area contributed by atoms with E-state index in [4.69, 9.17) is 16.6 Å². The van der Waals surface area contributed by atoms with Crippen LogP contribution < -0.4 is 27.4 Å². The van der Waals surface area contributed by atoms with Gasteiger partial charge in [0.15, 0.2) is 0 Å². The van der Waals surface area contributed by atoms with Crippen molar-refractivity contribution in [2.75, 3.05) is 0 Å². The smallest absolute Gasteiger partial charge is 0.326 e. The molecule has 0 aromatic heterocycles. The molecule has 0 heterocycles. The number of nitrogens with one attached hydrogen (secondary N) is 3. The minimum absolute atomic E-state index is 0.217. The van der Waals surface area contributed by atoms with Gasteiger partial charge in [-0.2, -0.15) is 0 Å². The quantitative estimate of drug-likeness (QED) is 0.151. The summed E-state index contributed by atoms with van der Waals surface area (Å²) in [4.78, 5) is 69.9. The maximum Gasteiger partial charge on any atom is 0.326 e. The fraction of sp³-hybridized carbons (Fsp3) is 0.667. The number of carboxylic acid groups (broad SMARTS) is 2. The third-order valence-electron chi connectivity index (χ3n) is 4.57. The number of hydrogen-bond acceptors (Lipinski definition) is 7. The number of rotatable bonds is 14. The highest BCUT2D eigenvalue weighted by atomic mass is 16.4. The number of carbonyl (C=O) groups excluding carboxylic acids is 4. The van der Waals surface area contributed by atoms with Crippen LogP contribution in [0.4, 0.5) is 0 Å². The lowest BCUT2D eigenvalue weighted by molar-refractivity contribution is -0.143. The molecule has 13 heteroatoms. The van der Waals surface area contributed by atoms with E-state index < -0.39 is 72.1 Å². The van der Waals surface area contributed by atoms with Crippen molar-refractivity contribution < 1.29 is 39.0 Å². The number of primary amides is 1. The summed E-state index contributed by atoms with van der Waals surface area (Å²) in [6.07, 6.45) is -0.635. The lowest BCUT2D eigenvalue weighted by Crippen LogP contribution is -2.58. The molecule has 31 heavy (non-hydrogen) atoms. The van der Waals surface area contributed by atoms with Gasteiger partial charge in [0.25, 0.3) is 0 Å². The van der Waals surface area contributed by atoms with Gasteiger partial charge in [0.1, 0.15) is 18.1 Å². The van der Waals surface area contributed by atoms with Gasteiger partial charge in [-0.25, -0.2) is 4.79 Å². The summed E-state index contributed by atoms with van der Waals surface area (Å²) in [6, 6.07) is -5.01. The number of amides is 4. The van der Waals surface area contributed by atoms with Gasteiger partial charge in [0, 0.05) is 6.42 Å². The number of hydrogen-bond donors (Lipinski definition) is 7. The summed E-state index contributed by atoms with van der Waals surface area (Å²) in [5.41, 5.74) is 10.5. The molecule has 0 rings (SSSR count). The van der Waals surface area contributed by atoms with E-state index in [2.05, 4.69) is 16.0 Å². The molecular formula is C18H31N5O8. The fourth-order valence-electron chi connectivity index (χ4n) is 2.45. The van der Waals surface area contributed by atoms with E-state index in [1.54, 1.807) is 13.8 Å². The van der Waals surface area contributed by atoms with Crippen molar-refractivity contribution in [2.24, 2.45) is 17.4 Å². The van der Waals surface area contributed by atoms with Crippen LogP contribution in [0.2, 0.25) is 0 Å². The van der Waals surface area contributed by atoms with Crippen molar-refractivity contribution in [3.63, 3.8) is 0 Å². The largest absolute Gasteiger partial charge is 0.481 e. The molecular weight excluding hydrogens is 414 g/mol. The predicted molar refractivity (Wildman–Crippen MR) is 107 cm³/mol. The molecule has 0 saturated carbocycles. The average molecular weight is 445 g/mol. The van der Waals surface area contributed by atoms with Crippen LogP contribution in [-0.4, -0.2) is 69.9 Å². The van der Waals surface area contributed by atoms with Crippen molar-refractivity contribution in [1.82, 2.24) is 16.0 Å². The van der Waals surface area contributed by atoms with Gasteiger partial charge < -0.3 is 37.6 Å². The zero-order chi connectivity index (χ0) is 24.3. The highest BCUT2D eigenvalue weighted by Gasteiger charge is 2.31. The van der Waals surface area contributed by atoms with E-state index in [0.717, 1.165) is 0 Å². The molecule has 0 spiro atoms. The molecule has 0 radical (unpaired) electrons. The SMILES string of the molecule is CCC(C)C(NC(=O)C(C)NC(=O)C(N)CC(=O)O)C(=O)NC(CCC(N)=O)C(=O)O. The topological polar surface area (TPSA) is 231 Å². The summed E-state index contributed by atoms with van der Waals surface area (Å²) >= 11 is 0. The second kappa shape index (κ2) is 13.2. The lowest BCUT2D eigenvalue weighted by Gasteiger charge is -2.27. The Hall–Kier alpha value is -3.22. The highest BCUT2D eigenvalue weighted by molar-refractivity contribution is 5.94. The van der Waals surface area contributed by atoms with E-state index in [0.29, 0.717) is 6.42 Å². The van der Waals surface area contributed by atoms with Crippen LogP contribution in [0.25, 0.3) is 0 Å². The molecule has 0 aliphatic heterocycles. The van der Waals surface area contributed by atoms with Crippen LogP contribution in [0.15, 0.2) is 0 Å². The number of carboxylic acids is 2. The van der Waals surface area contributed by atoms with Crippen molar-refractivity contribution in [3.8, 4) is 0 Å². The zero-order valence-corrected chi connectivity index (χ0v) is 17.7. The molecule has 13 nitrogen and oxygen atoms in total. The Morgan fingerprint density at radius 1 is 0.903 bits per heavy atom. The third-order valence-corrected chi connectivity index (χ3v) is 4.57. The van der Waals surface area contributed by atoms with Crippen LogP contribution in [0.1, 0.15) is 46.5 Å². The standard InChI is InChI=1S/C18H31N5O8/c1-4-8(2)14(17(29)22-11(18(30)31)5-6-12(20)24)23-15(27)9(3)21-16(28)10(19)7-13(25)26/h8-11,14H,4-7,19H2,1-3H3,(H2,20,24)(H,21,28)(H,22,29)(H,23,27)(H,25,26)(H,30,31). The van der Waals surface area contributed by atoms with Gasteiger partial charge in [-0.05, 0) is 19.3 Å². The maximum atomic E-state index is 12.6. The van der Waals surface area contributed by atoms with Crippen molar-refractivity contribution in [3.05, 3.63) is 0 Å². The summed E-state index contributed by atoms with van der Waals surface area (Å²) < 4.78 is 0. The molecule has 4 amide bonds. The van der Waals surface area contributed by atoms with E-state index >= 15 is 0 Å². The minimum Gasteiger partial charge on any atom is -0.481 e. The average Bonchev–Trinajstić information content (AvgIpc) is 2.66. The summed E-state index contributed by atoms with van der Waals surface area (Å²) in [7, 11) is 0. The molecule has 0 saturated heterocycles. The van der Waals surface area contributed by atoms with Crippen molar-refractivity contribution >= 4 is 35.6 Å². The van der Waals surface area contributed by atoms with Gasteiger partial charge in [-0.1, -0.05) is 20.3 Å². The van der Waals surface area contributed by atoms with Crippen LogP contribution in [-0.2, 0) is 28.8 Å². The summed E-state index contributed by atoms with van der Waals surface area (Å²) in [5.74, 6) is -6.15. The van der Waals surface area contributed by atoms with E-state index in [1.165, 1.54) is 6.92 Å². The molecule has 9 N–H and O–H groups in total. The second-order valence-corrected chi connectivity index (χ2v) is 7.21. The Labute approximate surface area is 179 Å². The molecule has 5 unspecified atom stereocenters. The highest BCUT2D eigenvalue weighted by Crippen LogP contribution is 2.10. The second-order valence-electron chi connectivity index (χ2n) is 7.21. The summed E-state index contributed by atoms with van der Waals surface area (Å²) in [5, 5.41) is 24.9. The van der Waals surface area contributed by atoms with Crippen LogP contribution in [0, 0.1) is 5.92 Å². The Morgan fingerprint density at radius 2 is 1.48 bits per heavy atom. The Bertz CT molecular complexity index is 698. The van der Waals surface area contributed by atoms with Crippen molar-refractivity contribution in [2.45, 2.75) is 70.6 Å². The molecule has 176 valence electrons. The number of carbonyl (C=O) groups is 6. The molecule has 0 bridgehead atoms. The molecule has 0 aliphatic rings. The number of nitrogens with two attached hydrogens (primary N) is 2. The maximum absolute atomic E-state index is 12.6. The number of aliphatic carboxylic acids is 2. The minimum atomic E-state index is -1.38. The summed E-state index contributed by atoms with van der Waals surface area (Å²) in [6.45, 7) is 4.74. The Balaban J connectivity index is 5.18. The molecule has 0 aromatic rings. The van der Waals surface area contributed by atoms with E-state index in [1.807, 2.05) is 0 Å². The van der Waals surface area contributed by atoms with Crippen molar-refractivity contribution in [1.29, 1.82) is 0 Å². The van der Waals surface area contributed by atoms with Gasteiger partial charge in [0.2, 0.25) is 23.6 Å². The van der Waals surface area contributed by atoms with Crippen LogP contribution >= 0.6 is 0 Å². The molecule has 0 aliphatic carbocycles. The monoisotopic (exact) mass is 445 g/mol. The van der Waals surface area contributed by atoms with Gasteiger partial charge in [-0.3, -0.25) is 24.0 Å². The Kier molecular flexibility index (Phi) is 11.8. The molecule has 0 fully saturated rings. The first-order valence-corrected chi connectivity index (χ1v) is 9.69. The van der Waals surface area contributed by atoms with E-state index in [9.17, 15) is 33.9 Å². The fourth-order valence-corrected chi connectivity index (χ4v) is 2.45. The predicted octanol–water partition coefficient (Wildman–Crippen LogP) is -2.34. The lowest BCUT2D eigenvalue weighted by atomic mass is 9.97. The van der Waals surface area contributed by atoms with Crippen LogP contribution in [0.3, 0.4) is 0 Å². The normalized spacial score (nSPS) is 15.5. The zero-order valence-electron chi connectivity index (χ0n) is 17.7. The molecule has 0 aromatic carbocycles. The Morgan fingerprint density at radius 3 is 1.94 bits per heavy atom. The van der Waals surface area contributed by atoms with Gasteiger partial charge in [-0.15, -0.1) is 0 Å². The van der Waals surface area contributed by atoms with Gasteiger partial charge >= 0.3 is 11.9 Å². The molecule has 5 atom stereocenters. The first-order chi connectivity index (χ1) is 14.3. The first-order valence-electron chi connectivity index (χ1n) is 9.69. The van der Waals surface area contributed by atoms with Crippen LogP contribution in [0.5, 0.6) is 0 Å². The van der Waals surface area contributed by atoms with E-state index in [-0.39, 0.29) is 12.8 Å².